The van der Waals surface area contributed by atoms with Crippen molar-refractivity contribution in [3.8, 4) is 11.1 Å². The molecule has 0 amide bonds. The Morgan fingerprint density at radius 2 is 1.20 bits per heavy atom. The van der Waals surface area contributed by atoms with Crippen molar-refractivity contribution in [1.82, 2.24) is 0 Å². The second-order valence-corrected chi connectivity index (χ2v) is 4.84. The van der Waals surface area contributed by atoms with Gasteiger partial charge in [-0.2, -0.15) is 0 Å². The number of hydrogen-bond acceptors (Lipinski definition) is 2. The molecule has 102 valence electrons. The van der Waals surface area contributed by atoms with Gasteiger partial charge in [-0.3, -0.25) is 9.59 Å². The molecule has 2 aromatic carbocycles. The molecule has 3 heteroatoms. The number of carboxylic acids is 1. The van der Waals surface area contributed by atoms with Gasteiger partial charge in [-0.05, 0) is 29.2 Å². The Balaban J connectivity index is 2.15. The average molecular weight is 268 g/mol. The second kappa shape index (κ2) is 6.15. The normalized spacial score (nSPS) is 10.2. The summed E-state index contributed by atoms with van der Waals surface area (Å²) in [5.74, 6) is -0.679. The maximum absolute atomic E-state index is 11.0. The van der Waals surface area contributed by atoms with E-state index in [1.165, 1.54) is 0 Å². The monoisotopic (exact) mass is 268 g/mol. The largest absolute Gasteiger partial charge is 0.481 e. The zero-order valence-electron chi connectivity index (χ0n) is 11.3. The summed E-state index contributed by atoms with van der Waals surface area (Å²) >= 11 is 0. The number of carbonyl (C=O) groups is 2. The van der Waals surface area contributed by atoms with Crippen molar-refractivity contribution in [3.05, 3.63) is 59.7 Å². The highest BCUT2D eigenvalue weighted by atomic mass is 16.4. The van der Waals surface area contributed by atoms with Gasteiger partial charge in [0.05, 0.1) is 6.42 Å². The average Bonchev–Trinajstić information content (AvgIpc) is 2.39. The van der Waals surface area contributed by atoms with Crippen molar-refractivity contribution in [2.45, 2.75) is 19.8 Å². The fraction of sp³-hybridized carbons (Fsp3) is 0.176. The fourth-order valence-corrected chi connectivity index (χ4v) is 2.09. The predicted molar refractivity (Wildman–Crippen MR) is 77.6 cm³/mol. The van der Waals surface area contributed by atoms with E-state index in [0.717, 1.165) is 22.3 Å². The highest BCUT2D eigenvalue weighted by molar-refractivity contribution is 5.78. The third kappa shape index (κ3) is 3.79. The van der Waals surface area contributed by atoms with Crippen LogP contribution in [0, 0.1) is 0 Å². The first-order chi connectivity index (χ1) is 9.54. The summed E-state index contributed by atoms with van der Waals surface area (Å²) in [5, 5.41) is 8.73. The Kier molecular flexibility index (Phi) is 4.31. The van der Waals surface area contributed by atoms with Crippen molar-refractivity contribution in [2.75, 3.05) is 0 Å². The Morgan fingerprint density at radius 3 is 1.55 bits per heavy atom. The van der Waals surface area contributed by atoms with Crippen molar-refractivity contribution >= 4 is 11.8 Å². The molecule has 0 aliphatic rings. The van der Waals surface area contributed by atoms with E-state index in [1.54, 1.807) is 6.92 Å². The molecule has 0 atom stereocenters. The molecule has 0 radical (unpaired) electrons. The molecular weight excluding hydrogens is 252 g/mol. The van der Waals surface area contributed by atoms with Gasteiger partial charge in [-0.15, -0.1) is 0 Å². The molecule has 2 rings (SSSR count). The van der Waals surface area contributed by atoms with Crippen LogP contribution in [0.2, 0.25) is 0 Å². The number of hydrogen-bond donors (Lipinski definition) is 1. The zero-order chi connectivity index (χ0) is 14.5. The van der Waals surface area contributed by atoms with Gasteiger partial charge >= 0.3 is 5.97 Å². The molecule has 1 N–H and O–H groups in total. The van der Waals surface area contributed by atoms with E-state index in [0.29, 0.717) is 6.42 Å². The van der Waals surface area contributed by atoms with Gasteiger partial charge < -0.3 is 5.11 Å². The van der Waals surface area contributed by atoms with Crippen LogP contribution in [-0.4, -0.2) is 16.9 Å². The highest BCUT2D eigenvalue weighted by Crippen LogP contribution is 2.20. The van der Waals surface area contributed by atoms with E-state index in [4.69, 9.17) is 5.11 Å². The quantitative estimate of drug-likeness (QED) is 0.906. The molecule has 0 saturated heterocycles. The molecule has 2 aromatic rings. The molecule has 0 heterocycles. The van der Waals surface area contributed by atoms with Crippen LogP contribution in [0.4, 0.5) is 0 Å². The number of Topliss-reactive ketones (excluding diaryl/α,β-unsaturated/α-hetero) is 1. The molecule has 3 nitrogen and oxygen atoms in total. The molecular formula is C17H16O3. The van der Waals surface area contributed by atoms with Crippen LogP contribution in [0.5, 0.6) is 0 Å². The summed E-state index contributed by atoms with van der Waals surface area (Å²) in [7, 11) is 0. The van der Waals surface area contributed by atoms with Crippen LogP contribution >= 0.6 is 0 Å². The lowest BCUT2D eigenvalue weighted by Crippen LogP contribution is -1.99. The summed E-state index contributed by atoms with van der Waals surface area (Å²) in [4.78, 5) is 21.7. The number of aliphatic carboxylic acids is 1. The standard InChI is InChI=1S/C17H16O3/c1-12(18)10-13-2-6-15(7-3-13)16-8-4-14(5-9-16)11-17(19)20/h2-9H,10-11H2,1H3,(H,19,20). The van der Waals surface area contributed by atoms with E-state index in [2.05, 4.69) is 0 Å². The lowest BCUT2D eigenvalue weighted by Gasteiger charge is -2.05. The van der Waals surface area contributed by atoms with Crippen LogP contribution in [0.3, 0.4) is 0 Å². The van der Waals surface area contributed by atoms with Crippen molar-refractivity contribution in [3.63, 3.8) is 0 Å². The fourth-order valence-electron chi connectivity index (χ4n) is 2.09. The summed E-state index contributed by atoms with van der Waals surface area (Å²) in [6, 6.07) is 15.3. The first-order valence-electron chi connectivity index (χ1n) is 6.44. The first-order valence-corrected chi connectivity index (χ1v) is 6.44. The van der Waals surface area contributed by atoms with E-state index in [9.17, 15) is 9.59 Å². The molecule has 0 spiro atoms. The van der Waals surface area contributed by atoms with Crippen LogP contribution in [0.1, 0.15) is 18.1 Å². The smallest absolute Gasteiger partial charge is 0.307 e. The third-order valence-electron chi connectivity index (χ3n) is 3.05. The van der Waals surface area contributed by atoms with E-state index >= 15 is 0 Å². The summed E-state index contributed by atoms with van der Waals surface area (Å²) in [6.07, 6.45) is 0.496. The molecule has 20 heavy (non-hydrogen) atoms. The summed E-state index contributed by atoms with van der Waals surface area (Å²) in [6.45, 7) is 1.58. The Bertz CT molecular complexity index is 552. The minimum Gasteiger partial charge on any atom is -0.481 e. The number of ketones is 1. The van der Waals surface area contributed by atoms with E-state index in [1.807, 2.05) is 48.5 Å². The Hall–Kier alpha value is -2.42. The predicted octanol–water partition coefficient (Wildman–Crippen LogP) is 3.11. The maximum atomic E-state index is 11.0. The molecule has 0 fully saturated rings. The Labute approximate surface area is 117 Å². The lowest BCUT2D eigenvalue weighted by atomic mass is 10.0. The second-order valence-electron chi connectivity index (χ2n) is 4.84. The summed E-state index contributed by atoms with van der Waals surface area (Å²) < 4.78 is 0. The van der Waals surface area contributed by atoms with Crippen molar-refractivity contribution in [1.29, 1.82) is 0 Å². The molecule has 0 unspecified atom stereocenters. The molecule has 0 saturated carbocycles. The number of rotatable bonds is 5. The van der Waals surface area contributed by atoms with Gasteiger partial charge in [0, 0.05) is 6.42 Å². The van der Waals surface area contributed by atoms with Crippen LogP contribution in [0.15, 0.2) is 48.5 Å². The number of carbonyl (C=O) groups excluding carboxylic acids is 1. The van der Waals surface area contributed by atoms with Gasteiger partial charge in [0.1, 0.15) is 5.78 Å². The number of carboxylic acid groups (broad SMARTS) is 1. The van der Waals surface area contributed by atoms with E-state index in [-0.39, 0.29) is 12.2 Å². The van der Waals surface area contributed by atoms with Crippen LogP contribution in [-0.2, 0) is 22.4 Å². The Morgan fingerprint density at radius 1 is 0.800 bits per heavy atom. The van der Waals surface area contributed by atoms with Gasteiger partial charge in [0.25, 0.3) is 0 Å². The molecule has 0 aliphatic heterocycles. The van der Waals surface area contributed by atoms with Crippen molar-refractivity contribution < 1.29 is 14.7 Å². The topological polar surface area (TPSA) is 54.4 Å². The highest BCUT2D eigenvalue weighted by Gasteiger charge is 2.03. The van der Waals surface area contributed by atoms with Gasteiger partial charge in [-0.1, -0.05) is 48.5 Å². The lowest BCUT2D eigenvalue weighted by molar-refractivity contribution is -0.136. The van der Waals surface area contributed by atoms with Crippen LogP contribution < -0.4 is 0 Å². The molecule has 0 aromatic heterocycles. The third-order valence-corrected chi connectivity index (χ3v) is 3.05. The molecule has 0 bridgehead atoms. The zero-order valence-corrected chi connectivity index (χ0v) is 11.3. The SMILES string of the molecule is CC(=O)Cc1ccc(-c2ccc(CC(=O)O)cc2)cc1. The van der Waals surface area contributed by atoms with Gasteiger partial charge in [0.2, 0.25) is 0 Å². The molecule has 0 aliphatic carbocycles. The summed E-state index contributed by atoms with van der Waals surface area (Å²) in [5.41, 5.74) is 3.88. The van der Waals surface area contributed by atoms with Gasteiger partial charge in [-0.25, -0.2) is 0 Å². The van der Waals surface area contributed by atoms with Gasteiger partial charge in [0.15, 0.2) is 0 Å². The van der Waals surface area contributed by atoms with Crippen LogP contribution in [0.25, 0.3) is 11.1 Å². The minimum atomic E-state index is -0.827. The number of benzene rings is 2. The van der Waals surface area contributed by atoms with Crippen molar-refractivity contribution in [2.24, 2.45) is 0 Å². The maximum Gasteiger partial charge on any atom is 0.307 e. The van der Waals surface area contributed by atoms with E-state index < -0.39 is 5.97 Å². The first kappa shape index (κ1) is 14.0. The minimum absolute atomic E-state index is 0.0395.